The van der Waals surface area contributed by atoms with Crippen LogP contribution in [-0.2, 0) is 0 Å². The van der Waals surface area contributed by atoms with Crippen molar-refractivity contribution in [2.75, 3.05) is 5.32 Å². The SMILES string of the molecule is Cc1ccc(C(=O)O)cc1NC(C)C(F)F. The van der Waals surface area contributed by atoms with Gasteiger partial charge in [-0.25, -0.2) is 13.6 Å². The summed E-state index contributed by atoms with van der Waals surface area (Å²) in [5, 5.41) is 11.4. The molecule has 88 valence electrons. The monoisotopic (exact) mass is 229 g/mol. The molecule has 0 saturated heterocycles. The molecule has 0 bridgehead atoms. The van der Waals surface area contributed by atoms with Crippen molar-refractivity contribution in [3.8, 4) is 0 Å². The van der Waals surface area contributed by atoms with E-state index in [1.165, 1.54) is 19.1 Å². The van der Waals surface area contributed by atoms with Gasteiger partial charge in [-0.1, -0.05) is 6.07 Å². The molecule has 5 heteroatoms. The average molecular weight is 229 g/mol. The first-order valence-electron chi connectivity index (χ1n) is 4.80. The van der Waals surface area contributed by atoms with E-state index in [-0.39, 0.29) is 5.56 Å². The van der Waals surface area contributed by atoms with Crippen LogP contribution >= 0.6 is 0 Å². The Hall–Kier alpha value is -1.65. The first-order valence-corrected chi connectivity index (χ1v) is 4.80. The molecule has 2 N–H and O–H groups in total. The van der Waals surface area contributed by atoms with Crippen molar-refractivity contribution in [3.05, 3.63) is 29.3 Å². The minimum Gasteiger partial charge on any atom is -0.478 e. The number of halogens is 2. The van der Waals surface area contributed by atoms with Crippen LogP contribution in [-0.4, -0.2) is 23.5 Å². The standard InChI is InChI=1S/C11H13F2NO2/c1-6-3-4-8(11(15)16)5-9(6)14-7(2)10(12)13/h3-5,7,10,14H,1-2H3,(H,15,16). The van der Waals surface area contributed by atoms with Crippen molar-refractivity contribution < 1.29 is 18.7 Å². The quantitative estimate of drug-likeness (QED) is 0.834. The smallest absolute Gasteiger partial charge is 0.335 e. The maximum atomic E-state index is 12.3. The zero-order chi connectivity index (χ0) is 12.3. The topological polar surface area (TPSA) is 49.3 Å². The summed E-state index contributed by atoms with van der Waals surface area (Å²) in [7, 11) is 0. The van der Waals surface area contributed by atoms with Gasteiger partial charge in [-0.2, -0.15) is 0 Å². The zero-order valence-electron chi connectivity index (χ0n) is 9.00. The number of rotatable bonds is 4. The Bertz CT molecular complexity index is 394. The largest absolute Gasteiger partial charge is 0.478 e. The van der Waals surface area contributed by atoms with Gasteiger partial charge in [0, 0.05) is 5.69 Å². The second-order valence-electron chi connectivity index (χ2n) is 3.60. The summed E-state index contributed by atoms with van der Waals surface area (Å²) in [5.41, 5.74) is 1.24. The molecule has 0 spiro atoms. The molecule has 3 nitrogen and oxygen atoms in total. The fraction of sp³-hybridized carbons (Fsp3) is 0.364. The summed E-state index contributed by atoms with van der Waals surface area (Å²) in [4.78, 5) is 10.7. The van der Waals surface area contributed by atoms with Gasteiger partial charge in [0.2, 0.25) is 0 Å². The van der Waals surface area contributed by atoms with Crippen molar-refractivity contribution >= 4 is 11.7 Å². The van der Waals surface area contributed by atoms with E-state index in [1.807, 2.05) is 0 Å². The predicted octanol–water partition coefficient (Wildman–Crippen LogP) is 2.76. The summed E-state index contributed by atoms with van der Waals surface area (Å²) in [6.07, 6.45) is -2.49. The highest BCUT2D eigenvalue weighted by Crippen LogP contribution is 2.19. The number of carboxylic acid groups (broad SMARTS) is 1. The fourth-order valence-electron chi connectivity index (χ4n) is 1.22. The zero-order valence-corrected chi connectivity index (χ0v) is 9.00. The van der Waals surface area contributed by atoms with Gasteiger partial charge >= 0.3 is 5.97 Å². The molecule has 0 amide bonds. The third-order valence-electron chi connectivity index (χ3n) is 2.25. The Morgan fingerprint density at radius 2 is 2.06 bits per heavy atom. The van der Waals surface area contributed by atoms with E-state index in [1.54, 1.807) is 13.0 Å². The molecule has 0 radical (unpaired) electrons. The summed E-state index contributed by atoms with van der Waals surface area (Å²) in [5.74, 6) is -1.08. The maximum absolute atomic E-state index is 12.3. The number of carboxylic acids is 1. The highest BCUT2D eigenvalue weighted by atomic mass is 19.3. The van der Waals surface area contributed by atoms with Crippen molar-refractivity contribution in [1.82, 2.24) is 0 Å². The van der Waals surface area contributed by atoms with E-state index in [0.717, 1.165) is 5.56 Å². The van der Waals surface area contributed by atoms with Crippen LogP contribution in [0.4, 0.5) is 14.5 Å². The van der Waals surface area contributed by atoms with Crippen LogP contribution in [0.2, 0.25) is 0 Å². The molecule has 1 atom stereocenters. The number of hydrogen-bond donors (Lipinski definition) is 2. The number of anilines is 1. The second-order valence-corrected chi connectivity index (χ2v) is 3.60. The Balaban J connectivity index is 2.94. The average Bonchev–Trinajstić information content (AvgIpc) is 2.20. The Morgan fingerprint density at radius 3 is 2.56 bits per heavy atom. The van der Waals surface area contributed by atoms with Gasteiger partial charge in [0.1, 0.15) is 0 Å². The summed E-state index contributed by atoms with van der Waals surface area (Å²) in [6, 6.07) is 3.37. The van der Waals surface area contributed by atoms with Gasteiger partial charge in [0.05, 0.1) is 11.6 Å². The molecule has 16 heavy (non-hydrogen) atoms. The molecule has 1 aromatic rings. The first-order chi connectivity index (χ1) is 7.41. The maximum Gasteiger partial charge on any atom is 0.335 e. The molecular weight excluding hydrogens is 216 g/mol. The normalized spacial score (nSPS) is 12.6. The van der Waals surface area contributed by atoms with Crippen LogP contribution in [0.15, 0.2) is 18.2 Å². The van der Waals surface area contributed by atoms with Crippen LogP contribution in [0.3, 0.4) is 0 Å². The number of aromatic carboxylic acids is 1. The van der Waals surface area contributed by atoms with E-state index in [0.29, 0.717) is 5.69 Å². The van der Waals surface area contributed by atoms with Gasteiger partial charge in [-0.15, -0.1) is 0 Å². The lowest BCUT2D eigenvalue weighted by molar-refractivity contribution is 0.0697. The molecule has 0 saturated carbocycles. The Labute approximate surface area is 92.1 Å². The van der Waals surface area contributed by atoms with E-state index >= 15 is 0 Å². The Morgan fingerprint density at radius 1 is 1.44 bits per heavy atom. The van der Waals surface area contributed by atoms with Crippen LogP contribution in [0, 0.1) is 6.92 Å². The molecule has 0 aliphatic rings. The number of carbonyl (C=O) groups is 1. The second kappa shape index (κ2) is 4.92. The van der Waals surface area contributed by atoms with Crippen LogP contribution in [0.1, 0.15) is 22.8 Å². The van der Waals surface area contributed by atoms with Gasteiger partial charge in [-0.3, -0.25) is 0 Å². The minimum atomic E-state index is -2.49. The van der Waals surface area contributed by atoms with Crippen LogP contribution in [0.5, 0.6) is 0 Å². The molecule has 0 heterocycles. The molecule has 0 aliphatic carbocycles. The predicted molar refractivity (Wildman–Crippen MR) is 57.2 cm³/mol. The highest BCUT2D eigenvalue weighted by Gasteiger charge is 2.15. The van der Waals surface area contributed by atoms with E-state index in [2.05, 4.69) is 5.32 Å². The van der Waals surface area contributed by atoms with Gasteiger partial charge in [-0.05, 0) is 31.5 Å². The molecule has 0 fully saturated rings. The molecule has 1 aromatic carbocycles. The molecule has 1 rings (SSSR count). The van der Waals surface area contributed by atoms with Crippen LogP contribution < -0.4 is 5.32 Å². The summed E-state index contributed by atoms with van der Waals surface area (Å²) < 4.78 is 24.7. The number of hydrogen-bond acceptors (Lipinski definition) is 2. The number of aryl methyl sites for hydroxylation is 1. The lowest BCUT2D eigenvalue weighted by Gasteiger charge is -2.16. The Kier molecular flexibility index (Phi) is 3.82. The van der Waals surface area contributed by atoms with Gasteiger partial charge in [0.15, 0.2) is 0 Å². The van der Waals surface area contributed by atoms with Crippen molar-refractivity contribution in [2.45, 2.75) is 26.3 Å². The van der Waals surface area contributed by atoms with E-state index in [4.69, 9.17) is 5.11 Å². The van der Waals surface area contributed by atoms with E-state index < -0.39 is 18.4 Å². The first kappa shape index (κ1) is 12.4. The fourth-order valence-corrected chi connectivity index (χ4v) is 1.22. The summed E-state index contributed by atoms with van der Waals surface area (Å²) in [6.45, 7) is 3.07. The molecule has 0 aromatic heterocycles. The lowest BCUT2D eigenvalue weighted by Crippen LogP contribution is -2.24. The number of nitrogens with one attached hydrogen (secondary N) is 1. The molecule has 1 unspecified atom stereocenters. The van der Waals surface area contributed by atoms with Crippen molar-refractivity contribution in [2.24, 2.45) is 0 Å². The van der Waals surface area contributed by atoms with Gasteiger partial charge in [0.25, 0.3) is 6.43 Å². The lowest BCUT2D eigenvalue weighted by atomic mass is 10.1. The summed E-state index contributed by atoms with van der Waals surface area (Å²) >= 11 is 0. The number of benzene rings is 1. The van der Waals surface area contributed by atoms with Crippen LogP contribution in [0.25, 0.3) is 0 Å². The van der Waals surface area contributed by atoms with Crippen molar-refractivity contribution in [1.29, 1.82) is 0 Å². The number of alkyl halides is 2. The van der Waals surface area contributed by atoms with Crippen molar-refractivity contribution in [3.63, 3.8) is 0 Å². The minimum absolute atomic E-state index is 0.0783. The third kappa shape index (κ3) is 2.92. The molecular formula is C11H13F2NO2. The third-order valence-corrected chi connectivity index (χ3v) is 2.25. The molecule has 0 aliphatic heterocycles. The van der Waals surface area contributed by atoms with Gasteiger partial charge < -0.3 is 10.4 Å². The van der Waals surface area contributed by atoms with E-state index in [9.17, 15) is 13.6 Å². The highest BCUT2D eigenvalue weighted by molar-refractivity contribution is 5.89.